The van der Waals surface area contributed by atoms with Crippen LogP contribution in [-0.4, -0.2) is 50.9 Å². The predicted molar refractivity (Wildman–Crippen MR) is 74.5 cm³/mol. The summed E-state index contributed by atoms with van der Waals surface area (Å²) in [5.41, 5.74) is 0. The van der Waals surface area contributed by atoms with Crippen LogP contribution >= 0.6 is 11.8 Å². The molecular weight excluding hydrogens is 250 g/mol. The molecule has 4 nitrogen and oxygen atoms in total. The van der Waals surface area contributed by atoms with Gasteiger partial charge in [-0.15, -0.1) is 11.8 Å². The SMILES string of the molecule is COCCNCC(O)COc1ccc(SC)cc1. The Bertz CT molecular complexity index is 319. The van der Waals surface area contributed by atoms with Crippen LogP contribution in [-0.2, 0) is 4.74 Å². The average Bonchev–Trinajstić information content (AvgIpc) is 2.42. The molecule has 1 unspecified atom stereocenters. The average molecular weight is 271 g/mol. The highest BCUT2D eigenvalue weighted by Gasteiger charge is 2.04. The molecule has 1 aromatic carbocycles. The molecule has 0 aliphatic carbocycles. The molecule has 0 aliphatic heterocycles. The second kappa shape index (κ2) is 9.22. The van der Waals surface area contributed by atoms with Gasteiger partial charge in [-0.05, 0) is 30.5 Å². The van der Waals surface area contributed by atoms with Crippen molar-refractivity contribution in [1.82, 2.24) is 5.32 Å². The lowest BCUT2D eigenvalue weighted by atomic mass is 10.3. The molecule has 1 aromatic rings. The molecule has 5 heteroatoms. The van der Waals surface area contributed by atoms with Gasteiger partial charge in [-0.25, -0.2) is 0 Å². The van der Waals surface area contributed by atoms with Crippen LogP contribution in [0.5, 0.6) is 5.75 Å². The van der Waals surface area contributed by atoms with Gasteiger partial charge in [0.1, 0.15) is 18.5 Å². The van der Waals surface area contributed by atoms with Crippen LogP contribution in [0.3, 0.4) is 0 Å². The summed E-state index contributed by atoms with van der Waals surface area (Å²) in [5.74, 6) is 0.781. The van der Waals surface area contributed by atoms with E-state index in [0.29, 0.717) is 19.8 Å². The van der Waals surface area contributed by atoms with Crippen molar-refractivity contribution in [3.8, 4) is 5.75 Å². The summed E-state index contributed by atoms with van der Waals surface area (Å²) < 4.78 is 10.4. The van der Waals surface area contributed by atoms with Crippen molar-refractivity contribution in [2.45, 2.75) is 11.0 Å². The highest BCUT2D eigenvalue weighted by Crippen LogP contribution is 2.18. The zero-order chi connectivity index (χ0) is 13.2. The maximum atomic E-state index is 9.68. The molecule has 0 radical (unpaired) electrons. The number of hydrogen-bond acceptors (Lipinski definition) is 5. The van der Waals surface area contributed by atoms with Gasteiger partial charge in [0, 0.05) is 25.1 Å². The fourth-order valence-corrected chi connectivity index (χ4v) is 1.77. The van der Waals surface area contributed by atoms with Gasteiger partial charge in [0.2, 0.25) is 0 Å². The number of methoxy groups -OCH3 is 1. The van der Waals surface area contributed by atoms with E-state index in [1.54, 1.807) is 18.9 Å². The van der Waals surface area contributed by atoms with Gasteiger partial charge in [0.25, 0.3) is 0 Å². The van der Waals surface area contributed by atoms with Gasteiger partial charge in [-0.1, -0.05) is 0 Å². The van der Waals surface area contributed by atoms with Gasteiger partial charge in [-0.3, -0.25) is 0 Å². The number of thioether (sulfide) groups is 1. The molecule has 2 N–H and O–H groups in total. The summed E-state index contributed by atoms with van der Waals surface area (Å²) >= 11 is 1.69. The number of rotatable bonds is 9. The minimum absolute atomic E-state index is 0.290. The first kappa shape index (κ1) is 15.3. The maximum Gasteiger partial charge on any atom is 0.119 e. The van der Waals surface area contributed by atoms with E-state index in [9.17, 15) is 5.11 Å². The van der Waals surface area contributed by atoms with Crippen molar-refractivity contribution >= 4 is 11.8 Å². The zero-order valence-electron chi connectivity index (χ0n) is 10.9. The zero-order valence-corrected chi connectivity index (χ0v) is 11.7. The third-order valence-electron chi connectivity index (χ3n) is 2.36. The van der Waals surface area contributed by atoms with E-state index in [2.05, 4.69) is 5.32 Å². The van der Waals surface area contributed by atoms with Crippen LogP contribution in [0.15, 0.2) is 29.2 Å². The van der Waals surface area contributed by atoms with E-state index in [1.165, 1.54) is 4.90 Å². The van der Waals surface area contributed by atoms with Gasteiger partial charge in [-0.2, -0.15) is 0 Å². The molecular formula is C13H21NO3S. The number of nitrogens with one attached hydrogen (secondary N) is 1. The van der Waals surface area contributed by atoms with Gasteiger partial charge < -0.3 is 19.9 Å². The first-order valence-corrected chi connectivity index (χ1v) is 7.13. The largest absolute Gasteiger partial charge is 0.491 e. The van der Waals surface area contributed by atoms with Crippen LogP contribution in [0, 0.1) is 0 Å². The summed E-state index contributed by atoms with van der Waals surface area (Å²) in [6.07, 6.45) is 1.52. The Morgan fingerprint density at radius 3 is 2.67 bits per heavy atom. The normalized spacial score (nSPS) is 12.4. The molecule has 0 saturated carbocycles. The van der Waals surface area contributed by atoms with E-state index in [0.717, 1.165) is 12.3 Å². The van der Waals surface area contributed by atoms with Crippen LogP contribution in [0.25, 0.3) is 0 Å². The molecule has 18 heavy (non-hydrogen) atoms. The number of aliphatic hydroxyl groups is 1. The highest BCUT2D eigenvalue weighted by molar-refractivity contribution is 7.98. The molecule has 1 atom stereocenters. The first-order chi connectivity index (χ1) is 8.76. The van der Waals surface area contributed by atoms with Crippen LogP contribution in [0.4, 0.5) is 0 Å². The smallest absolute Gasteiger partial charge is 0.119 e. The Morgan fingerprint density at radius 2 is 2.06 bits per heavy atom. The standard InChI is InChI=1S/C13H21NO3S/c1-16-8-7-14-9-11(15)10-17-12-3-5-13(18-2)6-4-12/h3-6,11,14-15H,7-10H2,1-2H3. The van der Waals surface area contributed by atoms with Gasteiger partial charge in [0.15, 0.2) is 0 Å². The molecule has 1 rings (SSSR count). The first-order valence-electron chi connectivity index (χ1n) is 5.91. The lowest BCUT2D eigenvalue weighted by Gasteiger charge is -2.13. The second-order valence-corrected chi connectivity index (χ2v) is 4.72. The third-order valence-corrected chi connectivity index (χ3v) is 3.11. The topological polar surface area (TPSA) is 50.7 Å². The van der Waals surface area contributed by atoms with E-state index in [4.69, 9.17) is 9.47 Å². The summed E-state index contributed by atoms with van der Waals surface area (Å²) in [5, 5.41) is 12.8. The molecule has 0 heterocycles. The van der Waals surface area contributed by atoms with Crippen LogP contribution < -0.4 is 10.1 Å². The predicted octanol–water partition coefficient (Wildman–Crippen LogP) is 1.38. The highest BCUT2D eigenvalue weighted by atomic mass is 32.2. The van der Waals surface area contributed by atoms with Crippen LogP contribution in [0.2, 0.25) is 0 Å². The monoisotopic (exact) mass is 271 g/mol. The van der Waals surface area contributed by atoms with Crippen molar-refractivity contribution in [3.63, 3.8) is 0 Å². The maximum absolute atomic E-state index is 9.68. The lowest BCUT2D eigenvalue weighted by molar-refractivity contribution is 0.103. The minimum Gasteiger partial charge on any atom is -0.491 e. The molecule has 0 aliphatic rings. The molecule has 102 valence electrons. The quantitative estimate of drug-likeness (QED) is 0.525. The molecule has 0 spiro atoms. The summed E-state index contributed by atoms with van der Waals surface area (Å²) in [6.45, 7) is 2.17. The van der Waals surface area contributed by atoms with Crippen molar-refractivity contribution in [1.29, 1.82) is 0 Å². The Kier molecular flexibility index (Phi) is 7.84. The van der Waals surface area contributed by atoms with Crippen molar-refractivity contribution < 1.29 is 14.6 Å². The van der Waals surface area contributed by atoms with E-state index in [-0.39, 0.29) is 0 Å². The lowest BCUT2D eigenvalue weighted by Crippen LogP contribution is -2.33. The van der Waals surface area contributed by atoms with Crippen LogP contribution in [0.1, 0.15) is 0 Å². The Morgan fingerprint density at radius 1 is 1.33 bits per heavy atom. The number of hydrogen-bond donors (Lipinski definition) is 2. The van der Waals surface area contributed by atoms with E-state index in [1.807, 2.05) is 30.5 Å². The van der Waals surface area contributed by atoms with Gasteiger partial charge >= 0.3 is 0 Å². The number of benzene rings is 1. The molecule has 0 fully saturated rings. The van der Waals surface area contributed by atoms with E-state index < -0.39 is 6.10 Å². The third kappa shape index (κ3) is 6.26. The molecule has 0 saturated heterocycles. The minimum atomic E-state index is -0.512. The van der Waals surface area contributed by atoms with Gasteiger partial charge in [0.05, 0.1) is 6.61 Å². The van der Waals surface area contributed by atoms with Crippen molar-refractivity contribution in [3.05, 3.63) is 24.3 Å². The fourth-order valence-electron chi connectivity index (χ4n) is 1.37. The summed E-state index contributed by atoms with van der Waals surface area (Å²) in [4.78, 5) is 1.20. The van der Waals surface area contributed by atoms with E-state index >= 15 is 0 Å². The van der Waals surface area contributed by atoms with Crippen molar-refractivity contribution in [2.24, 2.45) is 0 Å². The van der Waals surface area contributed by atoms with Crippen molar-refractivity contribution in [2.75, 3.05) is 39.7 Å². The Labute approximate surface area is 113 Å². The second-order valence-electron chi connectivity index (χ2n) is 3.84. The molecule has 0 aromatic heterocycles. The molecule has 0 amide bonds. The summed E-state index contributed by atoms with van der Waals surface area (Å²) in [7, 11) is 1.65. The fraction of sp³-hybridized carbons (Fsp3) is 0.538. The number of ether oxygens (including phenoxy) is 2. The molecule has 0 bridgehead atoms. The Hall–Kier alpha value is -0.750. The number of aliphatic hydroxyl groups excluding tert-OH is 1. The Balaban J connectivity index is 2.18. The summed E-state index contributed by atoms with van der Waals surface area (Å²) in [6, 6.07) is 7.83.